The fraction of sp³-hybridized carbons (Fsp3) is 0.538. The minimum absolute atomic E-state index is 0.0621. The van der Waals surface area contributed by atoms with Gasteiger partial charge in [-0.3, -0.25) is 0 Å². The molecule has 0 spiro atoms. The molecule has 0 unspecified atom stereocenters. The molecule has 1 atom stereocenters. The monoisotopic (exact) mass is 285 g/mol. The molecule has 1 aromatic rings. The summed E-state index contributed by atoms with van der Waals surface area (Å²) in [5.74, 6) is -2.09. The van der Waals surface area contributed by atoms with Gasteiger partial charge in [-0.2, -0.15) is 0 Å². The molecule has 110 valence electrons. The topological polar surface area (TPSA) is 65.5 Å². The molecular weight excluding hydrogens is 268 g/mol. The van der Waals surface area contributed by atoms with Crippen LogP contribution in [-0.4, -0.2) is 35.2 Å². The molecule has 1 amide bonds. The van der Waals surface area contributed by atoms with E-state index >= 15 is 0 Å². The number of hydrogen-bond acceptors (Lipinski definition) is 3. The molecule has 20 heavy (non-hydrogen) atoms. The van der Waals surface area contributed by atoms with E-state index in [1.807, 2.05) is 13.8 Å². The van der Waals surface area contributed by atoms with Crippen molar-refractivity contribution in [2.45, 2.75) is 25.8 Å². The van der Waals surface area contributed by atoms with Gasteiger partial charge in [0, 0.05) is 6.20 Å². The molecule has 0 aromatic carbocycles. The van der Waals surface area contributed by atoms with Crippen LogP contribution < -0.4 is 10.2 Å². The molecule has 1 aliphatic rings. The predicted molar refractivity (Wildman–Crippen MR) is 70.1 cm³/mol. The summed E-state index contributed by atoms with van der Waals surface area (Å²) in [7, 11) is 0. The van der Waals surface area contributed by atoms with Crippen LogP contribution in [0.5, 0.6) is 0 Å². The highest BCUT2D eigenvalue weighted by atomic mass is 19.3. The second-order valence-electron chi connectivity index (χ2n) is 5.33. The van der Waals surface area contributed by atoms with E-state index in [-0.39, 0.29) is 25.0 Å². The number of alkyl halides is 2. The molecule has 0 saturated carbocycles. The zero-order chi connectivity index (χ0) is 14.9. The summed E-state index contributed by atoms with van der Waals surface area (Å²) in [5.41, 5.74) is 0.721. The number of amides is 1. The summed E-state index contributed by atoms with van der Waals surface area (Å²) in [6.07, 6.45) is 0.432. The third kappa shape index (κ3) is 3.15. The normalized spacial score (nSPS) is 18.6. The smallest absolute Gasteiger partial charge is 0.405 e. The van der Waals surface area contributed by atoms with Crippen LogP contribution in [0.3, 0.4) is 0 Å². The predicted octanol–water partition coefficient (Wildman–Crippen LogP) is 2.50. The summed E-state index contributed by atoms with van der Waals surface area (Å²) in [6.45, 7) is 3.15. The second-order valence-corrected chi connectivity index (χ2v) is 5.33. The first-order valence-corrected chi connectivity index (χ1v) is 6.37. The Morgan fingerprint density at radius 1 is 1.45 bits per heavy atom. The molecule has 0 aliphatic carbocycles. The highest BCUT2D eigenvalue weighted by Gasteiger charge is 2.44. The number of rotatable bonds is 4. The molecule has 2 rings (SSSR count). The molecular formula is C13H17F2N3O2. The molecule has 0 radical (unpaired) electrons. The van der Waals surface area contributed by atoms with Gasteiger partial charge in [-0.15, -0.1) is 0 Å². The summed E-state index contributed by atoms with van der Waals surface area (Å²) >= 11 is 0. The SMILES string of the molecule is CC(C)[C@H](NC(=O)O)c1ccc(N2CC(F)(F)C2)nc1. The first kappa shape index (κ1) is 14.5. The largest absolute Gasteiger partial charge is 0.465 e. The van der Waals surface area contributed by atoms with Gasteiger partial charge in [0.25, 0.3) is 5.92 Å². The number of anilines is 1. The number of hydrogen-bond donors (Lipinski definition) is 2. The van der Waals surface area contributed by atoms with E-state index in [4.69, 9.17) is 5.11 Å². The van der Waals surface area contributed by atoms with E-state index < -0.39 is 12.0 Å². The maximum atomic E-state index is 12.8. The molecule has 1 saturated heterocycles. The standard InChI is InChI=1S/C13H17F2N3O2/c1-8(2)11(17-12(19)20)9-3-4-10(16-5-9)18-6-13(14,15)7-18/h3-5,8,11,17H,6-7H2,1-2H3,(H,19,20)/t11-/m0/s1. The van der Waals surface area contributed by atoms with Gasteiger partial charge in [0.05, 0.1) is 19.1 Å². The molecule has 1 aromatic heterocycles. The molecule has 0 bridgehead atoms. The number of carbonyl (C=O) groups is 1. The zero-order valence-corrected chi connectivity index (χ0v) is 11.3. The Kier molecular flexibility index (Phi) is 3.78. The van der Waals surface area contributed by atoms with Gasteiger partial charge in [0.1, 0.15) is 5.82 Å². The van der Waals surface area contributed by atoms with Gasteiger partial charge >= 0.3 is 6.09 Å². The van der Waals surface area contributed by atoms with E-state index in [1.165, 1.54) is 11.1 Å². The van der Waals surface area contributed by atoms with Crippen molar-refractivity contribution < 1.29 is 18.7 Å². The number of nitrogens with zero attached hydrogens (tertiary/aromatic N) is 2. The Morgan fingerprint density at radius 2 is 2.10 bits per heavy atom. The molecule has 2 N–H and O–H groups in total. The maximum Gasteiger partial charge on any atom is 0.405 e. The van der Waals surface area contributed by atoms with Crippen molar-refractivity contribution in [2.75, 3.05) is 18.0 Å². The number of pyridine rings is 1. The molecule has 7 heteroatoms. The summed E-state index contributed by atoms with van der Waals surface area (Å²) in [5, 5.41) is 11.2. The average Bonchev–Trinajstić information content (AvgIpc) is 2.33. The van der Waals surface area contributed by atoms with Crippen LogP contribution in [-0.2, 0) is 0 Å². The van der Waals surface area contributed by atoms with Crippen LogP contribution in [0.1, 0.15) is 25.5 Å². The van der Waals surface area contributed by atoms with Crippen molar-refractivity contribution in [3.63, 3.8) is 0 Å². The molecule has 1 fully saturated rings. The van der Waals surface area contributed by atoms with Gasteiger partial charge in [-0.1, -0.05) is 19.9 Å². The third-order valence-electron chi connectivity index (χ3n) is 3.24. The first-order valence-electron chi connectivity index (χ1n) is 6.37. The van der Waals surface area contributed by atoms with Crippen LogP contribution in [0.2, 0.25) is 0 Å². The minimum Gasteiger partial charge on any atom is -0.465 e. The van der Waals surface area contributed by atoms with Crippen molar-refractivity contribution in [2.24, 2.45) is 5.92 Å². The zero-order valence-electron chi connectivity index (χ0n) is 11.3. The van der Waals surface area contributed by atoms with Gasteiger partial charge in [0.15, 0.2) is 0 Å². The summed E-state index contributed by atoms with van der Waals surface area (Å²) in [4.78, 5) is 16.4. The first-order chi connectivity index (χ1) is 9.28. The number of carboxylic acid groups (broad SMARTS) is 1. The van der Waals surface area contributed by atoms with E-state index in [1.54, 1.807) is 12.1 Å². The highest BCUT2D eigenvalue weighted by molar-refractivity contribution is 5.65. The van der Waals surface area contributed by atoms with Gasteiger partial charge in [-0.25, -0.2) is 18.6 Å². The Balaban J connectivity index is 2.08. The van der Waals surface area contributed by atoms with Crippen LogP contribution in [0.15, 0.2) is 18.3 Å². The quantitative estimate of drug-likeness (QED) is 0.892. The summed E-state index contributed by atoms with van der Waals surface area (Å²) < 4.78 is 25.6. The Bertz CT molecular complexity index is 483. The minimum atomic E-state index is -2.63. The third-order valence-corrected chi connectivity index (χ3v) is 3.24. The lowest BCUT2D eigenvalue weighted by molar-refractivity contribution is -0.0267. The van der Waals surface area contributed by atoms with Crippen LogP contribution in [0, 0.1) is 5.92 Å². The number of halogens is 2. The second kappa shape index (κ2) is 5.22. The van der Waals surface area contributed by atoms with Gasteiger partial charge < -0.3 is 15.3 Å². The molecule has 2 heterocycles. The van der Waals surface area contributed by atoms with Crippen molar-refractivity contribution in [3.05, 3.63) is 23.9 Å². The van der Waals surface area contributed by atoms with Crippen molar-refractivity contribution in [1.82, 2.24) is 10.3 Å². The van der Waals surface area contributed by atoms with Crippen molar-refractivity contribution in [1.29, 1.82) is 0 Å². The van der Waals surface area contributed by atoms with Crippen molar-refractivity contribution in [3.8, 4) is 0 Å². The fourth-order valence-electron chi connectivity index (χ4n) is 2.21. The van der Waals surface area contributed by atoms with E-state index in [2.05, 4.69) is 10.3 Å². The van der Waals surface area contributed by atoms with Crippen LogP contribution in [0.25, 0.3) is 0 Å². The lowest BCUT2D eigenvalue weighted by Crippen LogP contribution is -2.56. The lowest BCUT2D eigenvalue weighted by Gasteiger charge is -2.39. The highest BCUT2D eigenvalue weighted by Crippen LogP contribution is 2.31. The molecule has 1 aliphatic heterocycles. The summed E-state index contributed by atoms with van der Waals surface area (Å²) in [6, 6.07) is 3.00. The Morgan fingerprint density at radius 3 is 2.50 bits per heavy atom. The lowest BCUT2D eigenvalue weighted by atomic mass is 9.97. The fourth-order valence-corrected chi connectivity index (χ4v) is 2.21. The van der Waals surface area contributed by atoms with Crippen LogP contribution >= 0.6 is 0 Å². The van der Waals surface area contributed by atoms with Crippen LogP contribution in [0.4, 0.5) is 19.4 Å². The Labute approximate surface area is 115 Å². The van der Waals surface area contributed by atoms with E-state index in [0.29, 0.717) is 5.82 Å². The maximum absolute atomic E-state index is 12.8. The number of aromatic nitrogens is 1. The van der Waals surface area contributed by atoms with Crippen molar-refractivity contribution >= 4 is 11.9 Å². The Hall–Kier alpha value is -1.92. The average molecular weight is 285 g/mol. The van der Waals surface area contributed by atoms with Gasteiger partial charge in [-0.05, 0) is 17.5 Å². The van der Waals surface area contributed by atoms with E-state index in [0.717, 1.165) is 5.56 Å². The number of nitrogens with one attached hydrogen (secondary N) is 1. The van der Waals surface area contributed by atoms with Gasteiger partial charge in [0.2, 0.25) is 0 Å². The molecule has 5 nitrogen and oxygen atoms in total. The van der Waals surface area contributed by atoms with E-state index in [9.17, 15) is 13.6 Å².